The molecule has 6 nitrogen and oxygen atoms in total. The summed E-state index contributed by atoms with van der Waals surface area (Å²) in [6.07, 6.45) is 8.69. The summed E-state index contributed by atoms with van der Waals surface area (Å²) in [6.45, 7) is 1.45. The maximum Gasteiger partial charge on any atom is 0.344 e. The van der Waals surface area contributed by atoms with Crippen LogP contribution in [0.2, 0.25) is 0 Å². The molecule has 144 valence electrons. The molecule has 0 aliphatic heterocycles. The van der Waals surface area contributed by atoms with E-state index in [2.05, 4.69) is 0 Å². The van der Waals surface area contributed by atoms with E-state index >= 15 is 0 Å². The van der Waals surface area contributed by atoms with Crippen LogP contribution in [0.4, 0.5) is 0 Å². The zero-order valence-electron chi connectivity index (χ0n) is 15.4. The van der Waals surface area contributed by atoms with Crippen molar-refractivity contribution in [3.05, 3.63) is 12.2 Å². The molecule has 4 fully saturated rings. The molecule has 4 bridgehead atoms. The van der Waals surface area contributed by atoms with E-state index in [9.17, 15) is 19.2 Å². The summed E-state index contributed by atoms with van der Waals surface area (Å²) < 4.78 is 10.9. The van der Waals surface area contributed by atoms with Gasteiger partial charge in [-0.05, 0) is 51.4 Å². The lowest BCUT2D eigenvalue weighted by Crippen LogP contribution is -2.48. The summed E-state index contributed by atoms with van der Waals surface area (Å²) in [7, 11) is 0. The molecule has 0 heterocycles. The Morgan fingerprint density at radius 2 is 1.85 bits per heavy atom. The van der Waals surface area contributed by atoms with Crippen LogP contribution in [0.15, 0.2) is 12.2 Å². The number of hydrogen-bond acceptors (Lipinski definition) is 6. The average Bonchev–Trinajstić information content (AvgIpc) is 3.41. The van der Waals surface area contributed by atoms with Gasteiger partial charge in [0.05, 0.1) is 11.3 Å². The van der Waals surface area contributed by atoms with Gasteiger partial charge in [-0.1, -0.05) is 12.2 Å². The van der Waals surface area contributed by atoms with Gasteiger partial charge in [0.1, 0.15) is 17.2 Å². The van der Waals surface area contributed by atoms with Crippen molar-refractivity contribution in [2.75, 3.05) is 6.61 Å². The molecule has 5 aliphatic carbocycles. The second kappa shape index (κ2) is 5.52. The summed E-state index contributed by atoms with van der Waals surface area (Å²) in [4.78, 5) is 50.7. The molecule has 0 spiro atoms. The minimum Gasteiger partial charge on any atom is -0.457 e. The van der Waals surface area contributed by atoms with Crippen LogP contribution in [-0.4, -0.2) is 35.7 Å². The number of carbonyl (C=O) groups is 4. The van der Waals surface area contributed by atoms with Gasteiger partial charge in [-0.25, -0.2) is 4.79 Å². The molecule has 0 saturated heterocycles. The number of hydrogen-bond donors (Lipinski definition) is 0. The molecule has 0 radical (unpaired) electrons. The number of carbonyl (C=O) groups excluding carboxylic acids is 4. The van der Waals surface area contributed by atoms with Crippen molar-refractivity contribution in [1.29, 1.82) is 0 Å². The van der Waals surface area contributed by atoms with Crippen LogP contribution in [0.3, 0.4) is 0 Å². The first-order valence-corrected chi connectivity index (χ1v) is 10.0. The van der Waals surface area contributed by atoms with Crippen molar-refractivity contribution in [3.8, 4) is 0 Å². The fourth-order valence-electron chi connectivity index (χ4n) is 6.76. The number of rotatable bonds is 4. The van der Waals surface area contributed by atoms with Gasteiger partial charge in [-0.15, -0.1) is 0 Å². The first-order chi connectivity index (χ1) is 12.9. The zero-order valence-corrected chi connectivity index (χ0v) is 15.4. The van der Waals surface area contributed by atoms with Crippen molar-refractivity contribution in [3.63, 3.8) is 0 Å². The van der Waals surface area contributed by atoms with Crippen LogP contribution in [0.1, 0.15) is 45.4 Å². The predicted octanol–water partition coefficient (Wildman–Crippen LogP) is 2.00. The van der Waals surface area contributed by atoms with Crippen molar-refractivity contribution >= 4 is 23.5 Å². The SMILES string of the molecule is CC1(OC(=O)COC(=O)C23C4C=CC(C4=O)C2C2CCC3C2=O)CCCC1. The second-order valence-corrected chi connectivity index (χ2v) is 9.10. The molecule has 6 heteroatoms. The van der Waals surface area contributed by atoms with E-state index in [1.54, 1.807) is 6.08 Å². The highest BCUT2D eigenvalue weighted by Crippen LogP contribution is 2.70. The van der Waals surface area contributed by atoms with Gasteiger partial charge in [0.25, 0.3) is 0 Å². The lowest BCUT2D eigenvalue weighted by molar-refractivity contribution is -0.178. The van der Waals surface area contributed by atoms with Gasteiger partial charge >= 0.3 is 11.9 Å². The Kier molecular flexibility index (Phi) is 3.50. The van der Waals surface area contributed by atoms with E-state index in [1.807, 2.05) is 13.0 Å². The molecular formula is C21H24O6. The molecule has 27 heavy (non-hydrogen) atoms. The Hall–Kier alpha value is -1.98. The topological polar surface area (TPSA) is 86.7 Å². The van der Waals surface area contributed by atoms with Crippen molar-refractivity contribution in [2.24, 2.45) is 35.0 Å². The highest BCUT2D eigenvalue weighted by atomic mass is 16.6. The minimum atomic E-state index is -1.09. The Morgan fingerprint density at radius 3 is 2.59 bits per heavy atom. The quantitative estimate of drug-likeness (QED) is 0.426. The van der Waals surface area contributed by atoms with Crippen molar-refractivity contribution < 1.29 is 28.7 Å². The smallest absolute Gasteiger partial charge is 0.344 e. The number of ketones is 2. The molecule has 0 aromatic heterocycles. The third kappa shape index (κ3) is 2.07. The first kappa shape index (κ1) is 17.1. The largest absolute Gasteiger partial charge is 0.457 e. The number of esters is 2. The van der Waals surface area contributed by atoms with Gasteiger partial charge in [0, 0.05) is 17.8 Å². The molecule has 5 rings (SSSR count). The van der Waals surface area contributed by atoms with Crippen molar-refractivity contribution in [1.82, 2.24) is 0 Å². The first-order valence-electron chi connectivity index (χ1n) is 10.0. The third-order valence-corrected chi connectivity index (χ3v) is 7.78. The maximum atomic E-state index is 13.2. The van der Waals surface area contributed by atoms with E-state index in [4.69, 9.17) is 9.47 Å². The Labute approximate surface area is 157 Å². The Morgan fingerprint density at radius 1 is 1.11 bits per heavy atom. The van der Waals surface area contributed by atoms with Crippen LogP contribution in [0.5, 0.6) is 0 Å². The van der Waals surface area contributed by atoms with Crippen LogP contribution >= 0.6 is 0 Å². The third-order valence-electron chi connectivity index (χ3n) is 7.78. The average molecular weight is 372 g/mol. The van der Waals surface area contributed by atoms with E-state index in [1.165, 1.54) is 0 Å². The molecule has 6 unspecified atom stereocenters. The van der Waals surface area contributed by atoms with E-state index < -0.39 is 41.4 Å². The van der Waals surface area contributed by atoms with Gasteiger partial charge in [-0.3, -0.25) is 14.4 Å². The number of fused-ring (bicyclic) bond motifs is 9. The Balaban J connectivity index is 1.35. The fraction of sp³-hybridized carbons (Fsp3) is 0.714. The summed E-state index contributed by atoms with van der Waals surface area (Å²) in [5.41, 5.74) is -1.56. The fourth-order valence-corrected chi connectivity index (χ4v) is 6.76. The second-order valence-electron chi connectivity index (χ2n) is 9.10. The van der Waals surface area contributed by atoms with Crippen molar-refractivity contribution in [2.45, 2.75) is 51.0 Å². The molecule has 0 N–H and O–H groups in total. The number of allylic oxidation sites excluding steroid dienone is 2. The van der Waals surface area contributed by atoms with Crippen LogP contribution in [0.25, 0.3) is 0 Å². The number of Topliss-reactive ketones (excluding diaryl/α,β-unsaturated/α-hetero) is 2. The van der Waals surface area contributed by atoms with Crippen LogP contribution < -0.4 is 0 Å². The van der Waals surface area contributed by atoms with E-state index in [0.29, 0.717) is 6.42 Å². The molecule has 5 aliphatic rings. The predicted molar refractivity (Wildman–Crippen MR) is 92.2 cm³/mol. The molecule has 4 saturated carbocycles. The lowest BCUT2D eigenvalue weighted by atomic mass is 9.61. The highest BCUT2D eigenvalue weighted by molar-refractivity contribution is 6.07. The van der Waals surface area contributed by atoms with Crippen LogP contribution in [-0.2, 0) is 28.7 Å². The van der Waals surface area contributed by atoms with Gasteiger partial charge in [-0.2, -0.15) is 0 Å². The zero-order chi connectivity index (χ0) is 19.0. The van der Waals surface area contributed by atoms with Crippen LogP contribution in [0, 0.1) is 35.0 Å². The molecule has 0 amide bonds. The molecule has 6 atom stereocenters. The molecule has 0 aromatic carbocycles. The highest BCUT2D eigenvalue weighted by Gasteiger charge is 2.78. The Bertz CT molecular complexity index is 774. The minimum absolute atomic E-state index is 0.0300. The summed E-state index contributed by atoms with van der Waals surface area (Å²) in [6, 6.07) is 0. The van der Waals surface area contributed by atoms with Gasteiger partial charge in [0.15, 0.2) is 6.61 Å². The lowest BCUT2D eigenvalue weighted by Gasteiger charge is -2.40. The summed E-state index contributed by atoms with van der Waals surface area (Å²) in [5.74, 6) is -2.89. The summed E-state index contributed by atoms with van der Waals surface area (Å²) in [5, 5.41) is 0. The summed E-state index contributed by atoms with van der Waals surface area (Å²) >= 11 is 0. The molecule has 0 aromatic rings. The monoisotopic (exact) mass is 372 g/mol. The van der Waals surface area contributed by atoms with E-state index in [-0.39, 0.29) is 29.3 Å². The van der Waals surface area contributed by atoms with E-state index in [0.717, 1.165) is 32.1 Å². The standard InChI is InChI=1S/C21H24O6/c1-20(8-2-3-9-20)27-15(22)10-26-19(25)21-13-6-4-11(17(13)23)16(21)12-5-7-14(21)18(12)24/h4,6,11-14,16H,2-3,5,7-10H2,1H3. The normalized spacial score (nSPS) is 42.6. The van der Waals surface area contributed by atoms with Gasteiger partial charge < -0.3 is 9.47 Å². The van der Waals surface area contributed by atoms with Gasteiger partial charge in [0.2, 0.25) is 0 Å². The molecular weight excluding hydrogens is 348 g/mol. The maximum absolute atomic E-state index is 13.2. The number of ether oxygens (including phenoxy) is 2.